The summed E-state index contributed by atoms with van der Waals surface area (Å²) in [5, 5.41) is 10.8. The molecule has 6 heteroatoms. The Morgan fingerprint density at radius 1 is 1.23 bits per heavy atom. The number of ether oxygens (including phenoxy) is 1. The predicted octanol–water partition coefficient (Wildman–Crippen LogP) is 3.45. The average Bonchev–Trinajstić information content (AvgIpc) is 3.06. The van der Waals surface area contributed by atoms with Crippen molar-refractivity contribution in [2.45, 2.75) is 20.4 Å². The molecule has 0 aliphatic carbocycles. The van der Waals surface area contributed by atoms with Crippen LogP contribution in [0.3, 0.4) is 0 Å². The Hall–Kier alpha value is -3.43. The van der Waals surface area contributed by atoms with E-state index in [1.807, 2.05) is 54.8 Å². The van der Waals surface area contributed by atoms with Crippen LogP contribution in [0.2, 0.25) is 0 Å². The topological polar surface area (TPSA) is 71.2 Å². The molecule has 152 valence electrons. The maximum absolute atomic E-state index is 12.7. The van der Waals surface area contributed by atoms with Crippen molar-refractivity contribution in [3.05, 3.63) is 70.6 Å². The van der Waals surface area contributed by atoms with Crippen molar-refractivity contribution >= 4 is 23.0 Å². The van der Waals surface area contributed by atoms with Crippen LogP contribution in [0, 0.1) is 25.2 Å². The molecule has 0 spiro atoms. The van der Waals surface area contributed by atoms with E-state index in [9.17, 15) is 10.1 Å². The number of hydrogen-bond acceptors (Lipinski definition) is 4. The second kappa shape index (κ2) is 8.52. The van der Waals surface area contributed by atoms with Gasteiger partial charge in [-0.2, -0.15) is 5.26 Å². The first kappa shape index (κ1) is 19.9. The second-order valence-corrected chi connectivity index (χ2v) is 7.49. The minimum Gasteiger partial charge on any atom is -0.378 e. The van der Waals surface area contributed by atoms with E-state index in [2.05, 4.69) is 6.07 Å². The Bertz CT molecular complexity index is 1150. The van der Waals surface area contributed by atoms with Crippen molar-refractivity contribution in [2.75, 3.05) is 26.3 Å². The van der Waals surface area contributed by atoms with Crippen LogP contribution in [0.1, 0.15) is 28.1 Å². The van der Waals surface area contributed by atoms with E-state index in [1.54, 1.807) is 17.1 Å². The summed E-state index contributed by atoms with van der Waals surface area (Å²) in [5.41, 5.74) is 5.04. The molecule has 2 aromatic heterocycles. The fourth-order valence-electron chi connectivity index (χ4n) is 3.95. The molecule has 0 radical (unpaired) electrons. The minimum atomic E-state index is -0.0698. The van der Waals surface area contributed by atoms with E-state index < -0.39 is 0 Å². The molecule has 0 bridgehead atoms. The molecule has 0 unspecified atom stereocenters. The van der Waals surface area contributed by atoms with E-state index in [4.69, 9.17) is 9.72 Å². The first-order valence-corrected chi connectivity index (χ1v) is 10.1. The average molecular weight is 400 g/mol. The van der Waals surface area contributed by atoms with Crippen molar-refractivity contribution in [1.82, 2.24) is 14.5 Å². The monoisotopic (exact) mass is 400 g/mol. The number of fused-ring (bicyclic) bond motifs is 1. The van der Waals surface area contributed by atoms with Gasteiger partial charge in [-0.3, -0.25) is 4.79 Å². The van der Waals surface area contributed by atoms with Crippen molar-refractivity contribution in [3.8, 4) is 6.07 Å². The van der Waals surface area contributed by atoms with Gasteiger partial charge in [0.2, 0.25) is 5.91 Å². The van der Waals surface area contributed by atoms with E-state index in [0.717, 1.165) is 27.9 Å². The standard InChI is InChI=1S/C24H24N4O2/c1-17-14-18(2)26-24-23(17)20(15-25)21(28(24)16-19-6-4-3-5-7-19)8-9-22(29)27-10-12-30-13-11-27/h3-9,14H,10-13,16H2,1-2H3/b9-8+. The van der Waals surface area contributed by atoms with Gasteiger partial charge in [0, 0.05) is 36.8 Å². The molecule has 1 aromatic carbocycles. The summed E-state index contributed by atoms with van der Waals surface area (Å²) in [6.45, 7) is 6.80. The van der Waals surface area contributed by atoms with Gasteiger partial charge >= 0.3 is 0 Å². The fraction of sp³-hybridized carbons (Fsp3) is 0.292. The molecule has 3 aromatic rings. The molecular formula is C24H24N4O2. The first-order chi connectivity index (χ1) is 14.6. The Labute approximate surface area is 176 Å². The lowest BCUT2D eigenvalue weighted by Gasteiger charge is -2.25. The van der Waals surface area contributed by atoms with Crippen molar-refractivity contribution in [1.29, 1.82) is 5.26 Å². The normalized spacial score (nSPS) is 14.4. The molecule has 3 heterocycles. The third-order valence-corrected chi connectivity index (χ3v) is 5.38. The highest BCUT2D eigenvalue weighted by Gasteiger charge is 2.20. The highest BCUT2D eigenvalue weighted by Crippen LogP contribution is 2.30. The summed E-state index contributed by atoms with van der Waals surface area (Å²) in [7, 11) is 0. The van der Waals surface area contributed by atoms with E-state index >= 15 is 0 Å². The smallest absolute Gasteiger partial charge is 0.246 e. The van der Waals surface area contributed by atoms with Gasteiger partial charge in [-0.25, -0.2) is 4.98 Å². The highest BCUT2D eigenvalue weighted by molar-refractivity contribution is 5.96. The van der Waals surface area contributed by atoms with Crippen molar-refractivity contribution in [3.63, 3.8) is 0 Å². The molecule has 4 rings (SSSR count). The van der Waals surface area contributed by atoms with Crippen LogP contribution in [0.25, 0.3) is 17.1 Å². The molecule has 0 N–H and O–H groups in total. The fourth-order valence-corrected chi connectivity index (χ4v) is 3.95. The van der Waals surface area contributed by atoms with E-state index in [1.165, 1.54) is 0 Å². The molecular weight excluding hydrogens is 376 g/mol. The van der Waals surface area contributed by atoms with Crippen LogP contribution in [-0.4, -0.2) is 46.7 Å². The summed E-state index contributed by atoms with van der Waals surface area (Å²) >= 11 is 0. The zero-order valence-electron chi connectivity index (χ0n) is 17.3. The van der Waals surface area contributed by atoms with Gasteiger partial charge < -0.3 is 14.2 Å². The number of pyridine rings is 1. The minimum absolute atomic E-state index is 0.0698. The molecule has 1 aliphatic rings. The predicted molar refractivity (Wildman–Crippen MR) is 116 cm³/mol. The number of carbonyl (C=O) groups is 1. The van der Waals surface area contributed by atoms with Crippen LogP contribution >= 0.6 is 0 Å². The van der Waals surface area contributed by atoms with Gasteiger partial charge in [0.15, 0.2) is 0 Å². The van der Waals surface area contributed by atoms with Gasteiger partial charge in [-0.1, -0.05) is 30.3 Å². The molecule has 0 saturated carbocycles. The zero-order valence-corrected chi connectivity index (χ0v) is 17.3. The number of nitriles is 1. The summed E-state index contributed by atoms with van der Waals surface area (Å²) in [6.07, 6.45) is 3.32. The third-order valence-electron chi connectivity index (χ3n) is 5.38. The lowest BCUT2D eigenvalue weighted by molar-refractivity contribution is -0.129. The number of nitrogens with zero attached hydrogens (tertiary/aromatic N) is 4. The largest absolute Gasteiger partial charge is 0.378 e. The third kappa shape index (κ3) is 3.85. The molecule has 1 saturated heterocycles. The van der Waals surface area contributed by atoms with E-state index in [-0.39, 0.29) is 5.91 Å². The quantitative estimate of drug-likeness (QED) is 0.629. The Morgan fingerprint density at radius 3 is 2.67 bits per heavy atom. The summed E-state index contributed by atoms with van der Waals surface area (Å²) in [4.78, 5) is 19.2. The van der Waals surface area contributed by atoms with Gasteiger partial charge in [0.1, 0.15) is 11.7 Å². The van der Waals surface area contributed by atoms with Gasteiger partial charge in [0.05, 0.1) is 24.5 Å². The Kier molecular flexibility index (Phi) is 5.64. The van der Waals surface area contributed by atoms with Gasteiger partial charge in [-0.15, -0.1) is 0 Å². The Morgan fingerprint density at radius 2 is 1.97 bits per heavy atom. The van der Waals surface area contributed by atoms with E-state index in [0.29, 0.717) is 44.1 Å². The van der Waals surface area contributed by atoms with Crippen LogP contribution in [0.15, 0.2) is 42.5 Å². The van der Waals surface area contributed by atoms with Crippen LogP contribution in [-0.2, 0) is 16.1 Å². The molecule has 1 fully saturated rings. The zero-order chi connectivity index (χ0) is 21.1. The lowest BCUT2D eigenvalue weighted by atomic mass is 10.1. The number of rotatable bonds is 4. The van der Waals surface area contributed by atoms with Gasteiger partial charge in [-0.05, 0) is 37.1 Å². The molecule has 1 aliphatic heterocycles. The highest BCUT2D eigenvalue weighted by atomic mass is 16.5. The van der Waals surface area contributed by atoms with Gasteiger partial charge in [0.25, 0.3) is 0 Å². The molecule has 0 atom stereocenters. The number of carbonyl (C=O) groups excluding carboxylic acids is 1. The van der Waals surface area contributed by atoms with Crippen LogP contribution in [0.5, 0.6) is 0 Å². The van der Waals surface area contributed by atoms with Crippen molar-refractivity contribution < 1.29 is 9.53 Å². The number of benzene rings is 1. The lowest BCUT2D eigenvalue weighted by Crippen LogP contribution is -2.39. The summed E-state index contributed by atoms with van der Waals surface area (Å²) in [6, 6.07) is 14.4. The number of morpholine rings is 1. The number of aromatic nitrogens is 2. The van der Waals surface area contributed by atoms with Crippen molar-refractivity contribution in [2.24, 2.45) is 0 Å². The Balaban J connectivity index is 1.83. The summed E-state index contributed by atoms with van der Waals surface area (Å²) < 4.78 is 7.36. The molecule has 1 amide bonds. The summed E-state index contributed by atoms with van der Waals surface area (Å²) in [5.74, 6) is -0.0698. The maximum atomic E-state index is 12.7. The SMILES string of the molecule is Cc1cc(C)c2c(C#N)c(/C=C/C(=O)N3CCOCC3)n(Cc3ccccc3)c2n1. The van der Waals surface area contributed by atoms with Crippen LogP contribution < -0.4 is 0 Å². The maximum Gasteiger partial charge on any atom is 0.246 e. The number of aryl methyl sites for hydroxylation is 2. The molecule has 30 heavy (non-hydrogen) atoms. The molecule has 6 nitrogen and oxygen atoms in total. The number of amides is 1. The second-order valence-electron chi connectivity index (χ2n) is 7.49. The van der Waals surface area contributed by atoms with Crippen LogP contribution in [0.4, 0.5) is 0 Å². The number of hydrogen-bond donors (Lipinski definition) is 0. The first-order valence-electron chi connectivity index (χ1n) is 10.1.